The average Bonchev–Trinajstić information content (AvgIpc) is 2.18. The molecule has 0 radical (unpaired) electrons. The minimum absolute atomic E-state index is 0.236. The smallest absolute Gasteiger partial charge is 0.123 e. The second-order valence-corrected chi connectivity index (χ2v) is 3.75. The first-order valence-corrected chi connectivity index (χ1v) is 5.19. The molecule has 0 aliphatic rings. The van der Waals surface area contributed by atoms with Gasteiger partial charge in [-0.25, -0.2) is 4.39 Å². The highest BCUT2D eigenvalue weighted by molar-refractivity contribution is 9.10. The standard InChI is InChI=1S/C10H13BrFNO/c1-13-4-5-14-7-8-6-9(12)2-3-10(8)11/h2-3,6,13H,4-5,7H2,1H3. The van der Waals surface area contributed by atoms with Crippen molar-refractivity contribution >= 4 is 15.9 Å². The Morgan fingerprint density at radius 3 is 3.00 bits per heavy atom. The van der Waals surface area contributed by atoms with Crippen molar-refractivity contribution in [3.05, 3.63) is 34.1 Å². The predicted molar refractivity (Wildman–Crippen MR) is 57.7 cm³/mol. The number of benzene rings is 1. The first kappa shape index (κ1) is 11.6. The molecule has 1 N–H and O–H groups in total. The van der Waals surface area contributed by atoms with Crippen molar-refractivity contribution in [3.8, 4) is 0 Å². The fraction of sp³-hybridized carbons (Fsp3) is 0.400. The van der Waals surface area contributed by atoms with E-state index in [1.165, 1.54) is 12.1 Å². The Hall–Kier alpha value is -0.450. The van der Waals surface area contributed by atoms with E-state index in [0.29, 0.717) is 13.2 Å². The largest absolute Gasteiger partial charge is 0.375 e. The highest BCUT2D eigenvalue weighted by atomic mass is 79.9. The third-order valence-electron chi connectivity index (χ3n) is 1.76. The second kappa shape index (κ2) is 6.11. The Morgan fingerprint density at radius 1 is 1.50 bits per heavy atom. The fourth-order valence-electron chi connectivity index (χ4n) is 1.01. The van der Waals surface area contributed by atoms with Crippen LogP contribution in [0.1, 0.15) is 5.56 Å². The van der Waals surface area contributed by atoms with E-state index in [1.54, 1.807) is 6.07 Å². The van der Waals surface area contributed by atoms with Gasteiger partial charge in [0.1, 0.15) is 5.82 Å². The molecule has 78 valence electrons. The summed E-state index contributed by atoms with van der Waals surface area (Å²) in [4.78, 5) is 0. The summed E-state index contributed by atoms with van der Waals surface area (Å²) in [6.07, 6.45) is 0. The third kappa shape index (κ3) is 3.74. The predicted octanol–water partition coefficient (Wildman–Crippen LogP) is 2.32. The van der Waals surface area contributed by atoms with Crippen molar-refractivity contribution < 1.29 is 9.13 Å². The van der Waals surface area contributed by atoms with Crippen LogP contribution in [0.3, 0.4) is 0 Å². The Labute approximate surface area is 91.6 Å². The van der Waals surface area contributed by atoms with E-state index in [2.05, 4.69) is 21.2 Å². The van der Waals surface area contributed by atoms with E-state index in [1.807, 2.05) is 7.05 Å². The van der Waals surface area contributed by atoms with Crippen LogP contribution in [0.15, 0.2) is 22.7 Å². The zero-order chi connectivity index (χ0) is 10.4. The van der Waals surface area contributed by atoms with Gasteiger partial charge >= 0.3 is 0 Å². The van der Waals surface area contributed by atoms with Crippen LogP contribution in [0.4, 0.5) is 4.39 Å². The lowest BCUT2D eigenvalue weighted by atomic mass is 10.2. The number of hydrogen-bond donors (Lipinski definition) is 1. The fourth-order valence-corrected chi connectivity index (χ4v) is 1.37. The van der Waals surface area contributed by atoms with Gasteiger partial charge < -0.3 is 10.1 Å². The number of halogens is 2. The molecule has 2 nitrogen and oxygen atoms in total. The molecule has 0 unspecified atom stereocenters. The van der Waals surface area contributed by atoms with E-state index in [4.69, 9.17) is 4.74 Å². The molecule has 1 rings (SSSR count). The van der Waals surface area contributed by atoms with Crippen molar-refractivity contribution in [2.45, 2.75) is 6.61 Å². The van der Waals surface area contributed by atoms with Gasteiger partial charge in [-0.1, -0.05) is 15.9 Å². The molecule has 0 bridgehead atoms. The molecule has 0 saturated heterocycles. The van der Waals surface area contributed by atoms with E-state index >= 15 is 0 Å². The average molecular weight is 262 g/mol. The number of likely N-dealkylation sites (N-methyl/N-ethyl adjacent to an activating group) is 1. The molecular weight excluding hydrogens is 249 g/mol. The first-order chi connectivity index (χ1) is 6.74. The summed E-state index contributed by atoms with van der Waals surface area (Å²) in [5, 5.41) is 2.97. The van der Waals surface area contributed by atoms with Crippen molar-refractivity contribution in [2.24, 2.45) is 0 Å². The van der Waals surface area contributed by atoms with Crippen molar-refractivity contribution in [3.63, 3.8) is 0 Å². The van der Waals surface area contributed by atoms with Crippen LogP contribution in [-0.2, 0) is 11.3 Å². The van der Waals surface area contributed by atoms with Crippen LogP contribution in [-0.4, -0.2) is 20.2 Å². The molecule has 14 heavy (non-hydrogen) atoms. The highest BCUT2D eigenvalue weighted by Crippen LogP contribution is 2.18. The molecule has 0 amide bonds. The lowest BCUT2D eigenvalue weighted by Crippen LogP contribution is -2.14. The van der Waals surface area contributed by atoms with Crippen LogP contribution < -0.4 is 5.32 Å². The van der Waals surface area contributed by atoms with Crippen molar-refractivity contribution in [1.82, 2.24) is 5.32 Å². The first-order valence-electron chi connectivity index (χ1n) is 4.40. The Morgan fingerprint density at radius 2 is 2.29 bits per heavy atom. The summed E-state index contributed by atoms with van der Waals surface area (Å²) >= 11 is 3.34. The van der Waals surface area contributed by atoms with Crippen molar-refractivity contribution in [1.29, 1.82) is 0 Å². The molecule has 0 aromatic heterocycles. The molecule has 0 aliphatic heterocycles. The number of nitrogens with one attached hydrogen (secondary N) is 1. The molecule has 0 aliphatic carbocycles. The molecule has 4 heteroatoms. The van der Waals surface area contributed by atoms with Crippen molar-refractivity contribution in [2.75, 3.05) is 20.2 Å². The van der Waals surface area contributed by atoms with E-state index in [-0.39, 0.29) is 5.82 Å². The summed E-state index contributed by atoms with van der Waals surface area (Å²) in [6.45, 7) is 1.85. The molecule has 0 heterocycles. The third-order valence-corrected chi connectivity index (χ3v) is 2.54. The molecule has 0 fully saturated rings. The Balaban J connectivity index is 2.45. The minimum Gasteiger partial charge on any atom is -0.375 e. The van der Waals surface area contributed by atoms with Gasteiger partial charge in [0.15, 0.2) is 0 Å². The van der Waals surface area contributed by atoms with Crippen LogP contribution in [0.5, 0.6) is 0 Å². The van der Waals surface area contributed by atoms with Gasteiger partial charge in [0.05, 0.1) is 13.2 Å². The highest BCUT2D eigenvalue weighted by Gasteiger charge is 2.01. The molecular formula is C10H13BrFNO. The molecule has 1 aromatic rings. The summed E-state index contributed by atoms with van der Waals surface area (Å²) in [5.74, 6) is -0.236. The van der Waals surface area contributed by atoms with Crippen LogP contribution >= 0.6 is 15.9 Å². The molecule has 1 aromatic carbocycles. The molecule has 0 saturated carbocycles. The molecule has 0 spiro atoms. The normalized spacial score (nSPS) is 10.5. The van der Waals surface area contributed by atoms with Gasteiger partial charge in [0, 0.05) is 11.0 Å². The topological polar surface area (TPSA) is 21.3 Å². The van der Waals surface area contributed by atoms with Gasteiger partial charge in [0.25, 0.3) is 0 Å². The van der Waals surface area contributed by atoms with Gasteiger partial charge in [-0.05, 0) is 30.8 Å². The molecule has 0 atom stereocenters. The van der Waals surface area contributed by atoms with Crippen LogP contribution in [0, 0.1) is 5.82 Å². The Kier molecular flexibility index (Phi) is 5.07. The summed E-state index contributed by atoms with van der Waals surface area (Å²) in [7, 11) is 1.86. The van der Waals surface area contributed by atoms with Gasteiger partial charge in [0.2, 0.25) is 0 Å². The van der Waals surface area contributed by atoms with Crippen LogP contribution in [0.25, 0.3) is 0 Å². The monoisotopic (exact) mass is 261 g/mol. The number of rotatable bonds is 5. The second-order valence-electron chi connectivity index (χ2n) is 2.89. The lowest BCUT2D eigenvalue weighted by Gasteiger charge is -2.06. The zero-order valence-electron chi connectivity index (χ0n) is 8.02. The van der Waals surface area contributed by atoms with Gasteiger partial charge in [-0.15, -0.1) is 0 Å². The maximum atomic E-state index is 12.8. The quantitative estimate of drug-likeness (QED) is 0.822. The van der Waals surface area contributed by atoms with Gasteiger partial charge in [-0.3, -0.25) is 0 Å². The zero-order valence-corrected chi connectivity index (χ0v) is 9.60. The SMILES string of the molecule is CNCCOCc1cc(F)ccc1Br. The minimum atomic E-state index is -0.236. The van der Waals surface area contributed by atoms with E-state index in [0.717, 1.165) is 16.6 Å². The van der Waals surface area contributed by atoms with E-state index < -0.39 is 0 Å². The van der Waals surface area contributed by atoms with Gasteiger partial charge in [-0.2, -0.15) is 0 Å². The van der Waals surface area contributed by atoms with E-state index in [9.17, 15) is 4.39 Å². The maximum absolute atomic E-state index is 12.8. The lowest BCUT2D eigenvalue weighted by molar-refractivity contribution is 0.123. The number of hydrogen-bond acceptors (Lipinski definition) is 2. The summed E-state index contributed by atoms with van der Waals surface area (Å²) in [5.41, 5.74) is 0.834. The number of ether oxygens (including phenoxy) is 1. The summed E-state index contributed by atoms with van der Waals surface area (Å²) < 4.78 is 19.0. The maximum Gasteiger partial charge on any atom is 0.123 e. The summed E-state index contributed by atoms with van der Waals surface area (Å²) in [6, 6.07) is 4.58. The van der Waals surface area contributed by atoms with Crippen LogP contribution in [0.2, 0.25) is 0 Å². The Bertz CT molecular complexity index is 293.